The molecule has 4 saturated carbocycles. The number of ether oxygens (including phenoxy) is 1. The van der Waals surface area contributed by atoms with Crippen LogP contribution in [-0.2, 0) is 5.41 Å². The fourth-order valence-electron chi connectivity index (χ4n) is 7.32. The molecular formula is C30H34N2O3. The standard InChI is InChI=1S/C30H34N2O3/c1-18(2)17-35-27-8-7-24(12-25(27)30-13-19-9-20(14-30)11-21(10-19)15-30)26-16-31-28(32-26)22-3-5-23(6-4-22)29(33)34/h3-8,12,16,18-21H,9-11,13-15,17H2,1-2H3,(H,31,32)(H,33,34). The smallest absolute Gasteiger partial charge is 0.335 e. The van der Waals surface area contributed by atoms with E-state index in [-0.39, 0.29) is 11.0 Å². The number of aromatic carboxylic acids is 1. The number of benzene rings is 2. The predicted molar refractivity (Wildman–Crippen MR) is 137 cm³/mol. The number of nitrogens with zero attached hydrogens (tertiary/aromatic N) is 1. The van der Waals surface area contributed by atoms with Gasteiger partial charge in [0.05, 0.1) is 24.1 Å². The van der Waals surface area contributed by atoms with Crippen molar-refractivity contribution in [3.8, 4) is 28.4 Å². The van der Waals surface area contributed by atoms with Gasteiger partial charge >= 0.3 is 5.97 Å². The molecule has 5 nitrogen and oxygen atoms in total. The number of hydrogen-bond donors (Lipinski definition) is 2. The van der Waals surface area contributed by atoms with E-state index in [0.29, 0.717) is 5.92 Å². The molecular weight excluding hydrogens is 436 g/mol. The zero-order chi connectivity index (χ0) is 24.2. The lowest BCUT2D eigenvalue weighted by molar-refractivity contribution is -0.00647. The Morgan fingerprint density at radius 2 is 1.66 bits per heavy atom. The number of aromatic nitrogens is 2. The molecule has 2 N–H and O–H groups in total. The maximum Gasteiger partial charge on any atom is 0.335 e. The Hall–Kier alpha value is -3.08. The largest absolute Gasteiger partial charge is 0.493 e. The van der Waals surface area contributed by atoms with Crippen molar-refractivity contribution in [2.24, 2.45) is 23.7 Å². The predicted octanol–water partition coefficient (Wildman–Crippen LogP) is 6.94. The summed E-state index contributed by atoms with van der Waals surface area (Å²) in [4.78, 5) is 19.2. The van der Waals surface area contributed by atoms with E-state index in [9.17, 15) is 9.90 Å². The number of carboxylic acid groups (broad SMARTS) is 1. The zero-order valence-corrected chi connectivity index (χ0v) is 20.6. The van der Waals surface area contributed by atoms with Gasteiger partial charge in [-0.05, 0) is 97.9 Å². The number of rotatable bonds is 7. The van der Waals surface area contributed by atoms with Gasteiger partial charge in [0.25, 0.3) is 0 Å². The van der Waals surface area contributed by atoms with Gasteiger partial charge in [0.1, 0.15) is 11.6 Å². The summed E-state index contributed by atoms with van der Waals surface area (Å²) >= 11 is 0. The van der Waals surface area contributed by atoms with Crippen LogP contribution in [-0.4, -0.2) is 27.7 Å². The van der Waals surface area contributed by atoms with Crippen LogP contribution in [0.2, 0.25) is 0 Å². The van der Waals surface area contributed by atoms with E-state index in [1.165, 1.54) is 44.1 Å². The second-order valence-electron chi connectivity index (χ2n) is 11.6. The fraction of sp³-hybridized carbons (Fsp3) is 0.467. The first-order chi connectivity index (χ1) is 16.9. The van der Waals surface area contributed by atoms with E-state index >= 15 is 0 Å². The van der Waals surface area contributed by atoms with Crippen molar-refractivity contribution in [2.75, 3.05) is 6.61 Å². The Morgan fingerprint density at radius 3 is 2.26 bits per heavy atom. The van der Waals surface area contributed by atoms with E-state index < -0.39 is 5.97 Å². The minimum absolute atomic E-state index is 0.243. The first-order valence-electron chi connectivity index (χ1n) is 13.0. The molecule has 2 aromatic carbocycles. The molecule has 35 heavy (non-hydrogen) atoms. The molecule has 4 aliphatic rings. The molecule has 182 valence electrons. The van der Waals surface area contributed by atoms with E-state index in [1.54, 1.807) is 24.3 Å². The summed E-state index contributed by atoms with van der Waals surface area (Å²) in [5.41, 5.74) is 4.90. The number of hydrogen-bond acceptors (Lipinski definition) is 3. The van der Waals surface area contributed by atoms with Gasteiger partial charge in [0, 0.05) is 16.7 Å². The van der Waals surface area contributed by atoms with Gasteiger partial charge in [-0.25, -0.2) is 9.78 Å². The third-order valence-electron chi connectivity index (χ3n) is 8.45. The van der Waals surface area contributed by atoms with Gasteiger partial charge < -0.3 is 14.8 Å². The van der Waals surface area contributed by atoms with Crippen LogP contribution in [0.15, 0.2) is 48.7 Å². The molecule has 4 aliphatic carbocycles. The maximum atomic E-state index is 11.2. The van der Waals surface area contributed by atoms with E-state index in [2.05, 4.69) is 42.0 Å². The number of carboxylic acids is 1. The lowest BCUT2D eigenvalue weighted by atomic mass is 9.48. The average molecular weight is 471 g/mol. The fourth-order valence-corrected chi connectivity index (χ4v) is 7.32. The summed E-state index contributed by atoms with van der Waals surface area (Å²) in [6.45, 7) is 5.14. The van der Waals surface area contributed by atoms with Gasteiger partial charge in [-0.15, -0.1) is 0 Å². The van der Waals surface area contributed by atoms with Crippen molar-refractivity contribution in [1.82, 2.24) is 9.97 Å². The summed E-state index contributed by atoms with van der Waals surface area (Å²) in [5.74, 6) is 3.98. The topological polar surface area (TPSA) is 75.2 Å². The summed E-state index contributed by atoms with van der Waals surface area (Å²) < 4.78 is 6.41. The Kier molecular flexibility index (Phi) is 5.46. The molecule has 0 radical (unpaired) electrons. The van der Waals surface area contributed by atoms with Crippen LogP contribution in [0.25, 0.3) is 22.6 Å². The quantitative estimate of drug-likeness (QED) is 0.392. The zero-order valence-electron chi connectivity index (χ0n) is 20.6. The third-order valence-corrected chi connectivity index (χ3v) is 8.45. The molecule has 0 saturated heterocycles. The van der Waals surface area contributed by atoms with Crippen molar-refractivity contribution < 1.29 is 14.6 Å². The first-order valence-corrected chi connectivity index (χ1v) is 13.0. The Morgan fingerprint density at radius 1 is 1.03 bits per heavy atom. The third kappa shape index (κ3) is 4.15. The van der Waals surface area contributed by atoms with Crippen LogP contribution in [0.1, 0.15) is 68.3 Å². The SMILES string of the molecule is CC(C)COc1ccc(-c2cnc(-c3ccc(C(=O)O)cc3)[nH]2)cc1C12CC3CC(CC(C3)C1)C2. The first kappa shape index (κ1) is 22.4. The van der Waals surface area contributed by atoms with Crippen LogP contribution in [0.4, 0.5) is 0 Å². The molecule has 7 rings (SSSR count). The van der Waals surface area contributed by atoms with Crippen molar-refractivity contribution in [3.63, 3.8) is 0 Å². The van der Waals surface area contributed by atoms with Crippen LogP contribution in [0.3, 0.4) is 0 Å². The number of imidazole rings is 1. The minimum Gasteiger partial charge on any atom is -0.493 e. The van der Waals surface area contributed by atoms with Crippen LogP contribution < -0.4 is 4.74 Å². The lowest BCUT2D eigenvalue weighted by Gasteiger charge is -2.57. The average Bonchev–Trinajstić information content (AvgIpc) is 3.32. The van der Waals surface area contributed by atoms with Crippen LogP contribution in [0, 0.1) is 23.7 Å². The number of nitrogens with one attached hydrogen (secondary N) is 1. The van der Waals surface area contributed by atoms with E-state index in [4.69, 9.17) is 4.74 Å². The summed E-state index contributed by atoms with van der Waals surface area (Å²) in [6.07, 6.45) is 10.0. The monoisotopic (exact) mass is 470 g/mol. The van der Waals surface area contributed by atoms with Gasteiger partial charge in [-0.2, -0.15) is 0 Å². The highest BCUT2D eigenvalue weighted by molar-refractivity contribution is 5.88. The number of H-pyrrole nitrogens is 1. The molecule has 0 spiro atoms. The van der Waals surface area contributed by atoms with Crippen molar-refractivity contribution in [2.45, 2.75) is 57.8 Å². The number of aromatic amines is 1. The summed E-state index contributed by atoms with van der Waals surface area (Å²) in [6, 6.07) is 13.5. The minimum atomic E-state index is -0.923. The second-order valence-corrected chi connectivity index (χ2v) is 11.6. The molecule has 4 bridgehead atoms. The highest BCUT2D eigenvalue weighted by Crippen LogP contribution is 2.62. The van der Waals surface area contributed by atoms with E-state index in [0.717, 1.165) is 52.8 Å². The Labute approximate surface area is 207 Å². The molecule has 4 fully saturated rings. The highest BCUT2D eigenvalue weighted by Gasteiger charge is 2.52. The number of carbonyl (C=O) groups is 1. The van der Waals surface area contributed by atoms with Gasteiger partial charge in [-0.3, -0.25) is 0 Å². The molecule has 0 aliphatic heterocycles. The summed E-state index contributed by atoms with van der Waals surface area (Å²) in [7, 11) is 0. The van der Waals surface area contributed by atoms with E-state index in [1.807, 2.05) is 6.20 Å². The second kappa shape index (κ2) is 8.54. The Bertz CT molecular complexity index is 1210. The Balaban J connectivity index is 1.35. The maximum absolute atomic E-state index is 11.2. The van der Waals surface area contributed by atoms with Gasteiger partial charge in [-0.1, -0.05) is 26.0 Å². The lowest BCUT2D eigenvalue weighted by Crippen LogP contribution is -2.48. The van der Waals surface area contributed by atoms with Crippen molar-refractivity contribution >= 4 is 5.97 Å². The summed E-state index contributed by atoms with van der Waals surface area (Å²) in [5, 5.41) is 9.17. The van der Waals surface area contributed by atoms with Gasteiger partial charge in [0.15, 0.2) is 0 Å². The molecule has 1 aromatic heterocycles. The normalized spacial score (nSPS) is 26.9. The van der Waals surface area contributed by atoms with Gasteiger partial charge in [0.2, 0.25) is 0 Å². The van der Waals surface area contributed by atoms with Crippen LogP contribution in [0.5, 0.6) is 5.75 Å². The molecule has 0 amide bonds. The van der Waals surface area contributed by atoms with Crippen molar-refractivity contribution in [3.05, 3.63) is 59.8 Å². The molecule has 3 aromatic rings. The highest BCUT2D eigenvalue weighted by atomic mass is 16.5. The van der Waals surface area contributed by atoms with Crippen LogP contribution >= 0.6 is 0 Å². The molecule has 5 heteroatoms. The molecule has 0 unspecified atom stereocenters. The molecule has 1 heterocycles. The van der Waals surface area contributed by atoms with Crippen molar-refractivity contribution in [1.29, 1.82) is 0 Å². The molecule has 0 atom stereocenters.